The van der Waals surface area contributed by atoms with Crippen molar-refractivity contribution in [2.45, 2.75) is 13.0 Å². The lowest BCUT2D eigenvalue weighted by Gasteiger charge is -2.33. The van der Waals surface area contributed by atoms with E-state index in [4.69, 9.17) is 9.47 Å². The zero-order valence-corrected chi connectivity index (χ0v) is 12.9. The summed E-state index contributed by atoms with van der Waals surface area (Å²) in [6.45, 7) is 1.90. The second-order valence-electron chi connectivity index (χ2n) is 5.18. The monoisotopic (exact) mass is 312 g/mol. The molecule has 0 bridgehead atoms. The van der Waals surface area contributed by atoms with Crippen LogP contribution in [0.1, 0.15) is 16.2 Å². The van der Waals surface area contributed by atoms with E-state index in [9.17, 15) is 9.59 Å². The van der Waals surface area contributed by atoms with Gasteiger partial charge in [0.1, 0.15) is 11.4 Å². The number of hydrogen-bond donors (Lipinski definition) is 0. The number of para-hydroxylation sites is 2. The molecule has 1 atom stereocenters. The molecule has 3 rings (SSSR count). The molecule has 2 aromatic rings. The van der Waals surface area contributed by atoms with Gasteiger partial charge in [0, 0.05) is 5.69 Å². The number of aromatic nitrogens is 1. The van der Waals surface area contributed by atoms with Gasteiger partial charge in [-0.15, -0.1) is 0 Å². The van der Waals surface area contributed by atoms with Crippen LogP contribution >= 0.6 is 0 Å². The fourth-order valence-corrected chi connectivity index (χ4v) is 2.48. The second kappa shape index (κ2) is 6.08. The van der Waals surface area contributed by atoms with E-state index in [1.807, 2.05) is 19.1 Å². The summed E-state index contributed by atoms with van der Waals surface area (Å²) in [6, 6.07) is 12.3. The highest BCUT2D eigenvalue weighted by molar-refractivity contribution is 6.06. The zero-order valence-electron chi connectivity index (χ0n) is 12.9. The second-order valence-corrected chi connectivity index (χ2v) is 5.18. The van der Waals surface area contributed by atoms with Gasteiger partial charge in [-0.2, -0.15) is 0 Å². The molecule has 1 aliphatic heterocycles. The molecule has 118 valence electrons. The van der Waals surface area contributed by atoms with Crippen molar-refractivity contribution < 1.29 is 19.1 Å². The molecule has 23 heavy (non-hydrogen) atoms. The predicted molar refractivity (Wildman–Crippen MR) is 83.5 cm³/mol. The Kier molecular flexibility index (Phi) is 3.97. The number of ether oxygens (including phenoxy) is 2. The Balaban J connectivity index is 1.99. The molecule has 0 saturated carbocycles. The average molecular weight is 312 g/mol. The minimum Gasteiger partial charge on any atom is -0.475 e. The van der Waals surface area contributed by atoms with Crippen molar-refractivity contribution in [3.8, 4) is 5.75 Å². The van der Waals surface area contributed by atoms with Crippen LogP contribution in [0.4, 0.5) is 5.69 Å². The number of esters is 1. The van der Waals surface area contributed by atoms with Crippen LogP contribution in [0.25, 0.3) is 0 Å². The first-order chi connectivity index (χ1) is 11.1. The van der Waals surface area contributed by atoms with Gasteiger partial charge in [0.05, 0.1) is 19.3 Å². The van der Waals surface area contributed by atoms with Crippen LogP contribution < -0.4 is 9.64 Å². The maximum atomic E-state index is 12.8. The number of anilines is 1. The summed E-state index contributed by atoms with van der Waals surface area (Å²) in [5, 5.41) is 0. The van der Waals surface area contributed by atoms with E-state index in [0.717, 1.165) is 5.69 Å². The van der Waals surface area contributed by atoms with E-state index < -0.39 is 12.1 Å². The number of methoxy groups -OCH3 is 1. The Hall–Kier alpha value is -2.89. The van der Waals surface area contributed by atoms with Crippen LogP contribution in [-0.4, -0.2) is 36.6 Å². The minimum absolute atomic E-state index is 0.0815. The minimum atomic E-state index is -0.858. The molecular formula is C17H16N2O4. The SMILES string of the molecule is COC(=O)C1CN(C(=O)c2cccc(C)n2)c2ccccc2O1. The van der Waals surface area contributed by atoms with Crippen LogP contribution in [0.15, 0.2) is 42.5 Å². The van der Waals surface area contributed by atoms with E-state index in [2.05, 4.69) is 4.98 Å². The number of benzene rings is 1. The predicted octanol–water partition coefficient (Wildman–Crippen LogP) is 1.97. The number of nitrogens with zero attached hydrogens (tertiary/aromatic N) is 2. The van der Waals surface area contributed by atoms with E-state index in [-0.39, 0.29) is 12.5 Å². The third kappa shape index (κ3) is 2.88. The number of pyridine rings is 1. The summed E-state index contributed by atoms with van der Waals surface area (Å²) >= 11 is 0. The molecule has 1 aliphatic rings. The van der Waals surface area contributed by atoms with Gasteiger partial charge in [-0.3, -0.25) is 9.69 Å². The normalized spacial score (nSPS) is 16.3. The standard InChI is InChI=1S/C17H16N2O4/c1-11-6-5-7-12(18-11)16(20)19-10-15(17(21)22-2)23-14-9-4-3-8-13(14)19/h3-9,15H,10H2,1-2H3. The third-order valence-electron chi connectivity index (χ3n) is 3.59. The molecule has 0 fully saturated rings. The number of hydrogen-bond acceptors (Lipinski definition) is 5. The molecular weight excluding hydrogens is 296 g/mol. The molecule has 2 heterocycles. The molecule has 0 radical (unpaired) electrons. The van der Waals surface area contributed by atoms with Crippen molar-refractivity contribution in [3.05, 3.63) is 53.9 Å². The molecule has 1 unspecified atom stereocenters. The summed E-state index contributed by atoms with van der Waals surface area (Å²) in [6.07, 6.45) is -0.858. The smallest absolute Gasteiger partial charge is 0.348 e. The van der Waals surface area contributed by atoms with E-state index in [1.54, 1.807) is 30.3 Å². The highest BCUT2D eigenvalue weighted by Crippen LogP contribution is 2.34. The molecule has 6 nitrogen and oxygen atoms in total. The van der Waals surface area contributed by atoms with Crippen molar-refractivity contribution >= 4 is 17.6 Å². The third-order valence-corrected chi connectivity index (χ3v) is 3.59. The lowest BCUT2D eigenvalue weighted by atomic mass is 10.1. The quantitative estimate of drug-likeness (QED) is 0.793. The molecule has 0 spiro atoms. The van der Waals surface area contributed by atoms with Gasteiger partial charge in [-0.1, -0.05) is 18.2 Å². The van der Waals surface area contributed by atoms with E-state index >= 15 is 0 Å². The topological polar surface area (TPSA) is 68.7 Å². The van der Waals surface area contributed by atoms with Gasteiger partial charge >= 0.3 is 5.97 Å². The van der Waals surface area contributed by atoms with Crippen molar-refractivity contribution in [2.24, 2.45) is 0 Å². The van der Waals surface area contributed by atoms with Crippen molar-refractivity contribution in [1.29, 1.82) is 0 Å². The Morgan fingerprint density at radius 2 is 2.00 bits per heavy atom. The maximum absolute atomic E-state index is 12.8. The number of aryl methyl sites for hydroxylation is 1. The van der Waals surface area contributed by atoms with Crippen molar-refractivity contribution in [3.63, 3.8) is 0 Å². The Labute approximate surface area is 133 Å². The number of carbonyl (C=O) groups is 2. The first-order valence-corrected chi connectivity index (χ1v) is 7.19. The van der Waals surface area contributed by atoms with Gasteiger partial charge in [-0.25, -0.2) is 9.78 Å². The van der Waals surface area contributed by atoms with Crippen LogP contribution in [0.3, 0.4) is 0 Å². The number of amides is 1. The van der Waals surface area contributed by atoms with Gasteiger partial charge in [0.25, 0.3) is 5.91 Å². The highest BCUT2D eigenvalue weighted by Gasteiger charge is 2.35. The van der Waals surface area contributed by atoms with Crippen LogP contribution in [0.5, 0.6) is 5.75 Å². The fourth-order valence-electron chi connectivity index (χ4n) is 2.48. The molecule has 1 amide bonds. The van der Waals surface area contributed by atoms with Gasteiger partial charge in [0.2, 0.25) is 6.10 Å². The summed E-state index contributed by atoms with van der Waals surface area (Å²) in [5.74, 6) is -0.331. The largest absolute Gasteiger partial charge is 0.475 e. The summed E-state index contributed by atoms with van der Waals surface area (Å²) in [7, 11) is 1.29. The summed E-state index contributed by atoms with van der Waals surface area (Å²) in [4.78, 5) is 30.4. The Bertz CT molecular complexity index is 760. The fraction of sp³-hybridized carbons (Fsp3) is 0.235. The molecule has 0 aliphatic carbocycles. The van der Waals surface area contributed by atoms with Gasteiger partial charge < -0.3 is 9.47 Å². The Morgan fingerprint density at radius 3 is 2.74 bits per heavy atom. The molecule has 0 N–H and O–H groups in total. The number of carbonyl (C=O) groups excluding carboxylic acids is 2. The van der Waals surface area contributed by atoms with Crippen molar-refractivity contribution in [1.82, 2.24) is 4.98 Å². The summed E-state index contributed by atoms with van der Waals surface area (Å²) < 4.78 is 10.4. The lowest BCUT2D eigenvalue weighted by Crippen LogP contribution is -2.47. The number of rotatable bonds is 2. The van der Waals surface area contributed by atoms with E-state index in [0.29, 0.717) is 17.1 Å². The first kappa shape index (κ1) is 15.0. The summed E-state index contributed by atoms with van der Waals surface area (Å²) in [5.41, 5.74) is 1.69. The van der Waals surface area contributed by atoms with Crippen LogP contribution in [0.2, 0.25) is 0 Å². The Morgan fingerprint density at radius 1 is 1.22 bits per heavy atom. The molecule has 1 aromatic carbocycles. The van der Waals surface area contributed by atoms with E-state index in [1.165, 1.54) is 12.0 Å². The average Bonchev–Trinajstić information content (AvgIpc) is 2.59. The maximum Gasteiger partial charge on any atom is 0.348 e. The lowest BCUT2D eigenvalue weighted by molar-refractivity contribution is -0.148. The molecule has 1 aromatic heterocycles. The highest BCUT2D eigenvalue weighted by atomic mass is 16.6. The molecule has 6 heteroatoms. The molecule has 0 saturated heterocycles. The first-order valence-electron chi connectivity index (χ1n) is 7.19. The van der Waals surface area contributed by atoms with Crippen molar-refractivity contribution in [2.75, 3.05) is 18.6 Å². The van der Waals surface area contributed by atoms with Crippen LogP contribution in [0, 0.1) is 6.92 Å². The number of fused-ring (bicyclic) bond motifs is 1. The van der Waals surface area contributed by atoms with Gasteiger partial charge in [0.15, 0.2) is 0 Å². The van der Waals surface area contributed by atoms with Gasteiger partial charge in [-0.05, 0) is 31.2 Å². The zero-order chi connectivity index (χ0) is 16.4. The van der Waals surface area contributed by atoms with Crippen LogP contribution in [-0.2, 0) is 9.53 Å².